The molecule has 1 aromatic carbocycles. The number of aromatic nitrogens is 2. The molecule has 0 atom stereocenters. The highest BCUT2D eigenvalue weighted by atomic mass is 16.1. The third-order valence-corrected chi connectivity index (χ3v) is 3.86. The molecule has 0 spiro atoms. The Labute approximate surface area is 128 Å². The van der Waals surface area contributed by atoms with Crippen LogP contribution in [-0.4, -0.2) is 15.3 Å². The normalized spacial score (nSPS) is 10.6. The Morgan fingerprint density at radius 1 is 1.27 bits per heavy atom. The van der Waals surface area contributed by atoms with Crippen molar-refractivity contribution in [2.75, 3.05) is 0 Å². The third-order valence-electron chi connectivity index (χ3n) is 3.86. The minimum atomic E-state index is 0.114. The molecule has 0 aliphatic heterocycles. The Morgan fingerprint density at radius 3 is 2.64 bits per heavy atom. The number of nitriles is 1. The lowest BCUT2D eigenvalue weighted by Gasteiger charge is -2.08. The van der Waals surface area contributed by atoms with Crippen LogP contribution in [-0.2, 0) is 0 Å². The molecule has 4 nitrogen and oxygen atoms in total. The maximum absolute atomic E-state index is 12.3. The Morgan fingerprint density at radius 2 is 2.00 bits per heavy atom. The molecule has 2 heterocycles. The summed E-state index contributed by atoms with van der Waals surface area (Å²) in [6.45, 7) is 3.81. The first-order chi connectivity index (χ1) is 10.7. The Hall–Kier alpha value is -2.93. The van der Waals surface area contributed by atoms with Gasteiger partial charge < -0.3 is 4.57 Å². The molecule has 0 saturated heterocycles. The van der Waals surface area contributed by atoms with Gasteiger partial charge in [-0.05, 0) is 37.3 Å². The number of rotatable bonds is 3. The van der Waals surface area contributed by atoms with Crippen LogP contribution < -0.4 is 0 Å². The lowest BCUT2D eigenvalue weighted by Crippen LogP contribution is -2.01. The van der Waals surface area contributed by atoms with Gasteiger partial charge in [-0.3, -0.25) is 9.78 Å². The second kappa shape index (κ2) is 5.45. The number of carbonyl (C=O) groups excluding carboxylic acids is 1. The van der Waals surface area contributed by atoms with E-state index in [1.54, 1.807) is 24.5 Å². The first-order valence-corrected chi connectivity index (χ1v) is 7.16. The van der Waals surface area contributed by atoms with Crippen LogP contribution in [0.4, 0.5) is 0 Å². The van der Waals surface area contributed by atoms with Crippen molar-refractivity contribution in [1.29, 1.82) is 5.26 Å². The van der Waals surface area contributed by atoms with Crippen LogP contribution in [0.3, 0.4) is 0 Å². The molecule has 108 valence electrons. The number of ketones is 1. The van der Waals surface area contributed by atoms with Crippen molar-refractivity contribution in [1.82, 2.24) is 9.55 Å². The number of benzene rings is 1. The fourth-order valence-corrected chi connectivity index (χ4v) is 2.81. The highest BCUT2D eigenvalue weighted by Gasteiger charge is 2.19. The molecule has 3 rings (SSSR count). The quantitative estimate of drug-likeness (QED) is 0.689. The molecule has 0 fully saturated rings. The van der Waals surface area contributed by atoms with Gasteiger partial charge in [0, 0.05) is 41.1 Å². The molecule has 22 heavy (non-hydrogen) atoms. The molecule has 0 radical (unpaired) electrons. The average Bonchev–Trinajstić information content (AvgIpc) is 2.86. The summed E-state index contributed by atoms with van der Waals surface area (Å²) < 4.78 is 2.04. The van der Waals surface area contributed by atoms with E-state index in [9.17, 15) is 4.79 Å². The molecule has 4 heteroatoms. The van der Waals surface area contributed by atoms with Crippen molar-refractivity contribution >= 4 is 16.7 Å². The number of hydrogen-bond acceptors (Lipinski definition) is 3. The van der Waals surface area contributed by atoms with Gasteiger partial charge in [0.1, 0.15) is 0 Å². The SMILES string of the molecule is CCC(=O)c1c(C)n(-c2ccc(C#N)cc2)c2ccncc12. The second-order valence-electron chi connectivity index (χ2n) is 5.12. The van der Waals surface area contributed by atoms with Crippen molar-refractivity contribution in [3.63, 3.8) is 0 Å². The van der Waals surface area contributed by atoms with Crippen molar-refractivity contribution in [3.05, 3.63) is 59.5 Å². The summed E-state index contributed by atoms with van der Waals surface area (Å²) in [4.78, 5) is 16.5. The van der Waals surface area contributed by atoms with Crippen LogP contribution in [0.25, 0.3) is 16.6 Å². The van der Waals surface area contributed by atoms with Gasteiger partial charge in [0.05, 0.1) is 17.1 Å². The maximum Gasteiger partial charge on any atom is 0.165 e. The molecule has 3 aromatic rings. The molecule has 0 saturated carbocycles. The summed E-state index contributed by atoms with van der Waals surface area (Å²) in [6.07, 6.45) is 3.93. The van der Waals surface area contributed by atoms with E-state index < -0.39 is 0 Å². The van der Waals surface area contributed by atoms with Gasteiger partial charge in [-0.1, -0.05) is 6.92 Å². The first kappa shape index (κ1) is 14.0. The van der Waals surface area contributed by atoms with Crippen LogP contribution in [0.1, 0.15) is 35.0 Å². The number of nitrogens with zero attached hydrogens (tertiary/aromatic N) is 3. The van der Waals surface area contributed by atoms with Crippen LogP contribution in [0.15, 0.2) is 42.7 Å². The Bertz CT molecular complexity index is 898. The van der Waals surface area contributed by atoms with Gasteiger partial charge >= 0.3 is 0 Å². The lowest BCUT2D eigenvalue weighted by molar-refractivity contribution is 0.0989. The summed E-state index contributed by atoms with van der Waals surface area (Å²) in [5.74, 6) is 0.114. The van der Waals surface area contributed by atoms with Crippen LogP contribution in [0.2, 0.25) is 0 Å². The number of pyridine rings is 1. The van der Waals surface area contributed by atoms with Gasteiger partial charge in [-0.25, -0.2) is 0 Å². The third kappa shape index (κ3) is 2.08. The summed E-state index contributed by atoms with van der Waals surface area (Å²) in [7, 11) is 0. The maximum atomic E-state index is 12.3. The molecule has 0 unspecified atom stereocenters. The Kier molecular flexibility index (Phi) is 3.48. The van der Waals surface area contributed by atoms with Crippen LogP contribution in [0, 0.1) is 18.3 Å². The standard InChI is InChI=1S/C18H15N3O/c1-3-17(22)18-12(2)21(16-8-9-20-11-15(16)18)14-6-4-13(10-19)5-7-14/h4-9,11H,3H2,1-2H3. The van der Waals surface area contributed by atoms with Gasteiger partial charge in [0.2, 0.25) is 0 Å². The van der Waals surface area contributed by atoms with E-state index in [4.69, 9.17) is 5.26 Å². The van der Waals surface area contributed by atoms with Gasteiger partial charge in [0.25, 0.3) is 0 Å². The molecular weight excluding hydrogens is 274 g/mol. The van der Waals surface area contributed by atoms with E-state index in [-0.39, 0.29) is 5.78 Å². The van der Waals surface area contributed by atoms with Crippen molar-refractivity contribution in [2.24, 2.45) is 0 Å². The van der Waals surface area contributed by atoms with Gasteiger partial charge in [-0.15, -0.1) is 0 Å². The fraction of sp³-hybridized carbons (Fsp3) is 0.167. The summed E-state index contributed by atoms with van der Waals surface area (Å²) in [5.41, 5.74) is 4.13. The largest absolute Gasteiger partial charge is 0.313 e. The monoisotopic (exact) mass is 289 g/mol. The van der Waals surface area contributed by atoms with Crippen molar-refractivity contribution in [3.8, 4) is 11.8 Å². The fourth-order valence-electron chi connectivity index (χ4n) is 2.81. The molecule has 2 aromatic heterocycles. The van der Waals surface area contributed by atoms with E-state index in [0.717, 1.165) is 27.8 Å². The molecule has 0 aliphatic carbocycles. The van der Waals surface area contributed by atoms with Crippen LogP contribution in [0.5, 0.6) is 0 Å². The van der Waals surface area contributed by atoms with E-state index in [2.05, 4.69) is 11.1 Å². The molecule has 0 bridgehead atoms. The smallest absolute Gasteiger partial charge is 0.165 e. The van der Waals surface area contributed by atoms with E-state index in [1.165, 1.54) is 0 Å². The molecule has 0 N–H and O–H groups in total. The molecule has 0 amide bonds. The van der Waals surface area contributed by atoms with E-state index in [0.29, 0.717) is 12.0 Å². The summed E-state index contributed by atoms with van der Waals surface area (Å²) in [6, 6.07) is 11.4. The van der Waals surface area contributed by atoms with E-state index in [1.807, 2.05) is 36.6 Å². The number of carbonyl (C=O) groups is 1. The predicted octanol–water partition coefficient (Wildman–Crippen LogP) is 3.80. The highest BCUT2D eigenvalue weighted by Crippen LogP contribution is 2.29. The molecular formula is C18H15N3O. The minimum Gasteiger partial charge on any atom is -0.313 e. The number of Topliss-reactive ketones (excluding diaryl/α,β-unsaturated/α-hetero) is 1. The Balaban J connectivity index is 2.32. The van der Waals surface area contributed by atoms with E-state index >= 15 is 0 Å². The predicted molar refractivity (Wildman–Crippen MR) is 85.1 cm³/mol. The van der Waals surface area contributed by atoms with Gasteiger partial charge in [-0.2, -0.15) is 5.26 Å². The van der Waals surface area contributed by atoms with Crippen molar-refractivity contribution < 1.29 is 4.79 Å². The van der Waals surface area contributed by atoms with Crippen molar-refractivity contribution in [2.45, 2.75) is 20.3 Å². The van der Waals surface area contributed by atoms with Gasteiger partial charge in [0.15, 0.2) is 5.78 Å². The summed E-state index contributed by atoms with van der Waals surface area (Å²) in [5, 5.41) is 9.80. The summed E-state index contributed by atoms with van der Waals surface area (Å²) >= 11 is 0. The average molecular weight is 289 g/mol. The zero-order valence-corrected chi connectivity index (χ0v) is 12.5. The molecule has 0 aliphatic rings. The zero-order valence-electron chi connectivity index (χ0n) is 12.5. The zero-order chi connectivity index (χ0) is 15.7. The second-order valence-corrected chi connectivity index (χ2v) is 5.12. The number of fused-ring (bicyclic) bond motifs is 1. The van der Waals surface area contributed by atoms with Crippen LogP contribution >= 0.6 is 0 Å². The minimum absolute atomic E-state index is 0.114. The first-order valence-electron chi connectivity index (χ1n) is 7.16. The highest BCUT2D eigenvalue weighted by molar-refractivity contribution is 6.09. The number of hydrogen-bond donors (Lipinski definition) is 0. The topological polar surface area (TPSA) is 58.7 Å². The lowest BCUT2D eigenvalue weighted by atomic mass is 10.1.